The third-order valence-electron chi connectivity index (χ3n) is 3.71. The van der Waals surface area contributed by atoms with E-state index >= 15 is 0 Å². The fraction of sp³-hybridized carbons (Fsp3) is 0.333. The molecule has 1 aliphatic carbocycles. The zero-order valence-electron chi connectivity index (χ0n) is 11.4. The zero-order chi connectivity index (χ0) is 15.9. The minimum absolute atomic E-state index is 0.554. The van der Waals surface area contributed by atoms with Crippen LogP contribution in [0.4, 0.5) is 13.2 Å². The van der Waals surface area contributed by atoms with E-state index < -0.39 is 23.6 Å². The fourth-order valence-electron chi connectivity index (χ4n) is 2.58. The Hall–Kier alpha value is -1.89. The summed E-state index contributed by atoms with van der Waals surface area (Å²) in [5, 5.41) is 9.81. The predicted octanol–water partition coefficient (Wildman–Crippen LogP) is 4.33. The number of benzene rings is 1. The van der Waals surface area contributed by atoms with Crippen molar-refractivity contribution in [3.8, 4) is 10.6 Å². The molecule has 1 atom stereocenters. The van der Waals surface area contributed by atoms with E-state index in [-0.39, 0.29) is 0 Å². The summed E-state index contributed by atoms with van der Waals surface area (Å²) in [6.45, 7) is 0. The number of nitrogens with zero attached hydrogens (tertiary/aromatic N) is 1. The second-order valence-corrected chi connectivity index (χ2v) is 6.27. The van der Waals surface area contributed by atoms with Crippen molar-refractivity contribution >= 4 is 17.3 Å². The molecule has 1 aromatic carbocycles. The normalized spacial score (nSPS) is 18.0. The second-order valence-electron chi connectivity index (χ2n) is 5.19. The van der Waals surface area contributed by atoms with Crippen LogP contribution in [0, 0.1) is 0 Å². The third kappa shape index (κ3) is 2.72. The molecule has 1 N–H and O–H groups in total. The highest BCUT2D eigenvalue weighted by atomic mass is 32.1. The smallest absolute Gasteiger partial charge is 0.416 e. The van der Waals surface area contributed by atoms with Crippen LogP contribution < -0.4 is 0 Å². The van der Waals surface area contributed by atoms with E-state index in [9.17, 15) is 23.1 Å². The molecule has 0 aliphatic heterocycles. The molecule has 1 aromatic heterocycles. The van der Waals surface area contributed by atoms with Crippen LogP contribution in [-0.2, 0) is 17.4 Å². The summed E-state index contributed by atoms with van der Waals surface area (Å²) in [6.07, 6.45) is -2.25. The van der Waals surface area contributed by atoms with Crippen LogP contribution in [0.5, 0.6) is 0 Å². The number of aromatic nitrogens is 1. The van der Waals surface area contributed by atoms with Crippen molar-refractivity contribution in [2.75, 3.05) is 0 Å². The number of aliphatic carboxylic acids is 1. The largest absolute Gasteiger partial charge is 0.481 e. The lowest BCUT2D eigenvalue weighted by Crippen LogP contribution is -2.17. The van der Waals surface area contributed by atoms with Gasteiger partial charge in [-0.15, -0.1) is 11.3 Å². The van der Waals surface area contributed by atoms with Crippen LogP contribution in [0.15, 0.2) is 24.3 Å². The highest BCUT2D eigenvalue weighted by Gasteiger charge is 2.31. The molecule has 3 nitrogen and oxygen atoms in total. The summed E-state index contributed by atoms with van der Waals surface area (Å²) in [7, 11) is 0. The Morgan fingerprint density at radius 3 is 2.55 bits per heavy atom. The highest BCUT2D eigenvalue weighted by Crippen LogP contribution is 2.39. The number of hydrogen-bond donors (Lipinski definition) is 1. The van der Waals surface area contributed by atoms with Gasteiger partial charge in [-0.1, -0.05) is 12.1 Å². The molecule has 116 valence electrons. The number of halogens is 3. The molecule has 0 bridgehead atoms. The molecule has 0 radical (unpaired) electrons. The average Bonchev–Trinajstić information content (AvgIpc) is 2.90. The Morgan fingerprint density at radius 2 is 1.95 bits per heavy atom. The molecule has 0 spiro atoms. The van der Waals surface area contributed by atoms with Crippen molar-refractivity contribution in [3.05, 3.63) is 40.4 Å². The maximum atomic E-state index is 12.6. The Balaban J connectivity index is 1.95. The molecule has 0 saturated carbocycles. The average molecular weight is 327 g/mol. The number of rotatable bonds is 2. The number of aryl methyl sites for hydroxylation is 1. The van der Waals surface area contributed by atoms with Gasteiger partial charge in [-0.2, -0.15) is 13.2 Å². The molecule has 1 unspecified atom stereocenters. The summed E-state index contributed by atoms with van der Waals surface area (Å²) >= 11 is 1.37. The first-order chi connectivity index (χ1) is 10.4. The van der Waals surface area contributed by atoms with Crippen molar-refractivity contribution in [1.29, 1.82) is 0 Å². The van der Waals surface area contributed by atoms with Crippen LogP contribution in [0.25, 0.3) is 10.6 Å². The molecule has 1 heterocycles. The van der Waals surface area contributed by atoms with Crippen molar-refractivity contribution < 1.29 is 23.1 Å². The van der Waals surface area contributed by atoms with Crippen molar-refractivity contribution in [3.63, 3.8) is 0 Å². The summed E-state index contributed by atoms with van der Waals surface area (Å²) in [5.74, 6) is -1.51. The molecule has 22 heavy (non-hydrogen) atoms. The van der Waals surface area contributed by atoms with E-state index in [4.69, 9.17) is 0 Å². The molecule has 1 aliphatic rings. The Labute approximate surface area is 128 Å². The predicted molar refractivity (Wildman–Crippen MR) is 75.9 cm³/mol. The van der Waals surface area contributed by atoms with Gasteiger partial charge in [-0.3, -0.25) is 4.79 Å². The van der Waals surface area contributed by atoms with Crippen molar-refractivity contribution in [2.45, 2.75) is 31.4 Å². The SMILES string of the molecule is O=C(O)C1CCCc2sc(-c3ccc(C(F)(F)F)cc3)nc21. The van der Waals surface area contributed by atoms with Crippen LogP contribution in [-0.4, -0.2) is 16.1 Å². The van der Waals surface area contributed by atoms with E-state index in [0.717, 1.165) is 29.9 Å². The fourth-order valence-corrected chi connectivity index (χ4v) is 3.75. The third-order valence-corrected chi connectivity index (χ3v) is 4.89. The van der Waals surface area contributed by atoms with E-state index in [1.54, 1.807) is 0 Å². The number of alkyl halides is 3. The van der Waals surface area contributed by atoms with E-state index in [1.807, 2.05) is 0 Å². The molecule has 7 heteroatoms. The van der Waals surface area contributed by atoms with Gasteiger partial charge in [0.05, 0.1) is 17.2 Å². The number of carboxylic acids is 1. The van der Waals surface area contributed by atoms with Crippen molar-refractivity contribution in [1.82, 2.24) is 4.98 Å². The molecule has 0 amide bonds. The van der Waals surface area contributed by atoms with Crippen molar-refractivity contribution in [2.24, 2.45) is 0 Å². The lowest BCUT2D eigenvalue weighted by atomic mass is 9.91. The van der Waals surface area contributed by atoms with Gasteiger partial charge in [-0.05, 0) is 31.4 Å². The Morgan fingerprint density at radius 1 is 1.27 bits per heavy atom. The first-order valence-corrected chi connectivity index (χ1v) is 7.58. The maximum Gasteiger partial charge on any atom is 0.416 e. The minimum atomic E-state index is -4.37. The van der Waals surface area contributed by atoms with E-state index in [2.05, 4.69) is 4.98 Å². The Bertz CT molecular complexity index is 707. The first kappa shape index (κ1) is 15.0. The second kappa shape index (κ2) is 5.39. The van der Waals surface area contributed by atoms with Gasteiger partial charge in [0.2, 0.25) is 0 Å². The van der Waals surface area contributed by atoms with Gasteiger partial charge < -0.3 is 5.11 Å². The van der Waals surface area contributed by atoms with Gasteiger partial charge in [0, 0.05) is 10.4 Å². The minimum Gasteiger partial charge on any atom is -0.481 e. The van der Waals surface area contributed by atoms with Crippen LogP contribution in [0.1, 0.15) is 34.9 Å². The number of fused-ring (bicyclic) bond motifs is 1. The maximum absolute atomic E-state index is 12.6. The zero-order valence-corrected chi connectivity index (χ0v) is 12.2. The topological polar surface area (TPSA) is 50.2 Å². The van der Waals surface area contributed by atoms with Crippen LogP contribution in [0.3, 0.4) is 0 Å². The van der Waals surface area contributed by atoms with Crippen LogP contribution >= 0.6 is 11.3 Å². The lowest BCUT2D eigenvalue weighted by Gasteiger charge is -2.16. The summed E-state index contributed by atoms with van der Waals surface area (Å²) < 4.78 is 37.7. The molecule has 2 aromatic rings. The molecule has 3 rings (SSSR count). The van der Waals surface area contributed by atoms with Gasteiger partial charge in [-0.25, -0.2) is 4.98 Å². The lowest BCUT2D eigenvalue weighted by molar-refractivity contribution is -0.139. The van der Waals surface area contributed by atoms with Gasteiger partial charge in [0.1, 0.15) is 5.01 Å². The highest BCUT2D eigenvalue weighted by molar-refractivity contribution is 7.15. The first-order valence-electron chi connectivity index (χ1n) is 6.76. The monoisotopic (exact) mass is 327 g/mol. The number of thiazole rings is 1. The quantitative estimate of drug-likeness (QED) is 0.893. The van der Waals surface area contributed by atoms with Gasteiger partial charge in [0.25, 0.3) is 0 Å². The standard InChI is InChI=1S/C15H12F3NO2S/c16-15(17,18)9-6-4-8(5-7-9)13-19-12-10(14(20)21)2-1-3-11(12)22-13/h4-7,10H,1-3H2,(H,20,21). The molecule has 0 fully saturated rings. The van der Waals surface area contributed by atoms with E-state index in [1.165, 1.54) is 23.5 Å². The summed E-state index contributed by atoms with van der Waals surface area (Å²) in [4.78, 5) is 16.6. The van der Waals surface area contributed by atoms with E-state index in [0.29, 0.717) is 22.7 Å². The van der Waals surface area contributed by atoms with Crippen LogP contribution in [0.2, 0.25) is 0 Å². The molecular formula is C15H12F3NO2S. The number of hydrogen-bond acceptors (Lipinski definition) is 3. The van der Waals surface area contributed by atoms with Gasteiger partial charge in [0.15, 0.2) is 0 Å². The summed E-state index contributed by atoms with van der Waals surface area (Å²) in [6, 6.07) is 4.79. The number of carbonyl (C=O) groups is 1. The summed E-state index contributed by atoms with van der Waals surface area (Å²) in [5.41, 5.74) is 0.441. The Kier molecular flexibility index (Phi) is 3.68. The molecular weight excluding hydrogens is 315 g/mol. The molecule has 0 saturated heterocycles. The number of carboxylic acid groups (broad SMARTS) is 1. The van der Waals surface area contributed by atoms with Gasteiger partial charge >= 0.3 is 12.1 Å².